The van der Waals surface area contributed by atoms with Gasteiger partial charge in [-0.1, -0.05) is 29.3 Å². The topological polar surface area (TPSA) is 69.5 Å². The van der Waals surface area contributed by atoms with Crippen molar-refractivity contribution < 1.29 is 5.11 Å². The number of aliphatic hydroxyl groups excluding tert-OH is 1. The standard InChI is InChI=1S/C18H22Cl2N4O.HI/c1-3-22-18(23-11-17(25)13-6-8-21-9-7-13)24-12(2)15-5-4-14(19)10-16(15)20;/h4-10,12,17,25H,3,11H2,1-2H3,(H2,22,23,24);1H. The minimum atomic E-state index is -0.687. The number of hydrogen-bond donors (Lipinski definition) is 3. The molecule has 0 saturated heterocycles. The molecule has 5 nitrogen and oxygen atoms in total. The predicted molar refractivity (Wildman–Crippen MR) is 119 cm³/mol. The summed E-state index contributed by atoms with van der Waals surface area (Å²) in [6.45, 7) is 4.91. The third-order valence-electron chi connectivity index (χ3n) is 3.64. The third kappa shape index (κ3) is 6.90. The molecule has 0 aliphatic carbocycles. The Morgan fingerprint density at radius 3 is 2.54 bits per heavy atom. The van der Waals surface area contributed by atoms with Gasteiger partial charge in [0.1, 0.15) is 0 Å². The van der Waals surface area contributed by atoms with Crippen LogP contribution in [-0.4, -0.2) is 29.1 Å². The molecule has 0 aliphatic rings. The van der Waals surface area contributed by atoms with E-state index in [1.165, 1.54) is 0 Å². The Kier molecular flexibility index (Phi) is 10.2. The Hall–Kier alpha value is -1.09. The summed E-state index contributed by atoms with van der Waals surface area (Å²) in [7, 11) is 0. The smallest absolute Gasteiger partial charge is 0.191 e. The Bertz CT molecular complexity index is 716. The van der Waals surface area contributed by atoms with E-state index in [0.29, 0.717) is 22.5 Å². The number of aliphatic hydroxyl groups is 1. The van der Waals surface area contributed by atoms with E-state index in [4.69, 9.17) is 23.2 Å². The third-order valence-corrected chi connectivity index (χ3v) is 4.20. The zero-order chi connectivity index (χ0) is 18.2. The normalized spacial score (nSPS) is 13.5. The lowest BCUT2D eigenvalue weighted by Crippen LogP contribution is -2.39. The highest BCUT2D eigenvalue weighted by Gasteiger charge is 2.13. The van der Waals surface area contributed by atoms with Gasteiger partial charge in [0.05, 0.1) is 18.7 Å². The van der Waals surface area contributed by atoms with Crippen molar-refractivity contribution in [2.75, 3.05) is 13.1 Å². The van der Waals surface area contributed by atoms with Gasteiger partial charge >= 0.3 is 0 Å². The summed E-state index contributed by atoms with van der Waals surface area (Å²) in [6, 6.07) is 8.89. The average molecular weight is 509 g/mol. The molecule has 0 amide bonds. The highest BCUT2D eigenvalue weighted by atomic mass is 127. The Labute approximate surface area is 181 Å². The fourth-order valence-electron chi connectivity index (χ4n) is 2.32. The van der Waals surface area contributed by atoms with E-state index in [0.717, 1.165) is 11.1 Å². The monoisotopic (exact) mass is 508 g/mol. The van der Waals surface area contributed by atoms with E-state index in [2.05, 4.69) is 20.6 Å². The van der Waals surface area contributed by atoms with Crippen LogP contribution in [0.1, 0.15) is 37.1 Å². The van der Waals surface area contributed by atoms with Crippen molar-refractivity contribution in [1.82, 2.24) is 15.6 Å². The number of hydrogen-bond acceptors (Lipinski definition) is 3. The number of rotatable bonds is 6. The maximum atomic E-state index is 10.2. The van der Waals surface area contributed by atoms with Gasteiger partial charge in [0, 0.05) is 29.0 Å². The van der Waals surface area contributed by atoms with Gasteiger partial charge in [-0.05, 0) is 49.2 Å². The van der Waals surface area contributed by atoms with Crippen LogP contribution >= 0.6 is 47.2 Å². The first kappa shape index (κ1) is 23.0. The number of aromatic nitrogens is 1. The van der Waals surface area contributed by atoms with Crippen molar-refractivity contribution in [3.05, 3.63) is 63.9 Å². The second kappa shape index (κ2) is 11.6. The average Bonchev–Trinajstić information content (AvgIpc) is 2.60. The second-order valence-electron chi connectivity index (χ2n) is 5.55. The number of benzene rings is 1. The van der Waals surface area contributed by atoms with Gasteiger partial charge in [0.15, 0.2) is 5.96 Å². The Balaban J connectivity index is 0.00000338. The van der Waals surface area contributed by atoms with Crippen LogP contribution in [0.5, 0.6) is 0 Å². The van der Waals surface area contributed by atoms with Crippen molar-refractivity contribution >= 4 is 53.1 Å². The minimum absolute atomic E-state index is 0. The largest absolute Gasteiger partial charge is 0.386 e. The SMILES string of the molecule is CCNC(=NCC(O)c1ccncc1)NC(C)c1ccc(Cl)cc1Cl.I. The van der Waals surface area contributed by atoms with Gasteiger partial charge < -0.3 is 15.7 Å². The van der Waals surface area contributed by atoms with Crippen molar-refractivity contribution in [1.29, 1.82) is 0 Å². The van der Waals surface area contributed by atoms with Crippen LogP contribution in [0.25, 0.3) is 0 Å². The Morgan fingerprint density at radius 1 is 1.23 bits per heavy atom. The van der Waals surface area contributed by atoms with Crippen LogP contribution < -0.4 is 10.6 Å². The van der Waals surface area contributed by atoms with E-state index in [-0.39, 0.29) is 36.6 Å². The number of guanidine groups is 1. The summed E-state index contributed by atoms with van der Waals surface area (Å²) in [4.78, 5) is 8.40. The van der Waals surface area contributed by atoms with Gasteiger partial charge in [-0.2, -0.15) is 0 Å². The quantitative estimate of drug-likeness (QED) is 0.308. The molecule has 0 spiro atoms. The molecule has 2 unspecified atom stereocenters. The number of pyridine rings is 1. The van der Waals surface area contributed by atoms with E-state index in [1.807, 2.05) is 19.9 Å². The fourth-order valence-corrected chi connectivity index (χ4v) is 2.90. The second-order valence-corrected chi connectivity index (χ2v) is 6.39. The first-order valence-corrected chi connectivity index (χ1v) is 8.84. The molecular weight excluding hydrogens is 486 g/mol. The first-order valence-electron chi connectivity index (χ1n) is 8.09. The molecule has 1 aromatic carbocycles. The molecule has 0 fully saturated rings. The zero-order valence-corrected chi connectivity index (χ0v) is 18.5. The molecule has 3 N–H and O–H groups in total. The van der Waals surface area contributed by atoms with E-state index in [1.54, 1.807) is 36.7 Å². The summed E-state index contributed by atoms with van der Waals surface area (Å²) in [6.07, 6.45) is 2.61. The lowest BCUT2D eigenvalue weighted by atomic mass is 10.1. The summed E-state index contributed by atoms with van der Waals surface area (Å²) in [5.74, 6) is 0.606. The predicted octanol–water partition coefficient (Wildman–Crippen LogP) is 4.36. The van der Waals surface area contributed by atoms with Crippen LogP contribution in [-0.2, 0) is 0 Å². The van der Waals surface area contributed by atoms with Crippen LogP contribution in [0.3, 0.4) is 0 Å². The molecule has 0 saturated carbocycles. The summed E-state index contributed by atoms with van der Waals surface area (Å²) in [5.41, 5.74) is 1.70. The molecule has 2 aromatic rings. The van der Waals surface area contributed by atoms with Crippen molar-refractivity contribution in [3.63, 3.8) is 0 Å². The van der Waals surface area contributed by atoms with Crippen molar-refractivity contribution in [2.24, 2.45) is 4.99 Å². The van der Waals surface area contributed by atoms with Crippen LogP contribution in [0, 0.1) is 0 Å². The number of nitrogens with zero attached hydrogens (tertiary/aromatic N) is 2. The van der Waals surface area contributed by atoms with E-state index >= 15 is 0 Å². The molecule has 2 rings (SSSR count). The highest BCUT2D eigenvalue weighted by molar-refractivity contribution is 14.0. The molecule has 1 aromatic heterocycles. The van der Waals surface area contributed by atoms with Gasteiger partial charge in [0.25, 0.3) is 0 Å². The van der Waals surface area contributed by atoms with Gasteiger partial charge in [-0.15, -0.1) is 24.0 Å². The van der Waals surface area contributed by atoms with Crippen molar-refractivity contribution in [3.8, 4) is 0 Å². The molecular formula is C18H23Cl2IN4O. The van der Waals surface area contributed by atoms with E-state index < -0.39 is 6.10 Å². The lowest BCUT2D eigenvalue weighted by Gasteiger charge is -2.20. The van der Waals surface area contributed by atoms with Crippen LogP contribution in [0.15, 0.2) is 47.7 Å². The number of aliphatic imine (C=N–C) groups is 1. The van der Waals surface area contributed by atoms with Crippen molar-refractivity contribution in [2.45, 2.75) is 26.0 Å². The van der Waals surface area contributed by atoms with Crippen LogP contribution in [0.4, 0.5) is 0 Å². The Morgan fingerprint density at radius 2 is 1.92 bits per heavy atom. The maximum Gasteiger partial charge on any atom is 0.191 e. The highest BCUT2D eigenvalue weighted by Crippen LogP contribution is 2.26. The van der Waals surface area contributed by atoms with E-state index in [9.17, 15) is 5.11 Å². The van der Waals surface area contributed by atoms with Gasteiger partial charge in [-0.3, -0.25) is 9.98 Å². The van der Waals surface area contributed by atoms with Gasteiger partial charge in [-0.25, -0.2) is 0 Å². The fraction of sp³-hybridized carbons (Fsp3) is 0.333. The molecule has 0 radical (unpaired) electrons. The molecule has 0 bridgehead atoms. The first-order chi connectivity index (χ1) is 12.0. The molecule has 26 heavy (non-hydrogen) atoms. The molecule has 8 heteroatoms. The molecule has 2 atom stereocenters. The molecule has 0 aliphatic heterocycles. The summed E-state index contributed by atoms with van der Waals surface area (Å²) >= 11 is 12.2. The summed E-state index contributed by atoms with van der Waals surface area (Å²) < 4.78 is 0. The number of halogens is 3. The van der Waals surface area contributed by atoms with Gasteiger partial charge in [0.2, 0.25) is 0 Å². The minimum Gasteiger partial charge on any atom is -0.386 e. The van der Waals surface area contributed by atoms with Crippen LogP contribution in [0.2, 0.25) is 10.0 Å². The number of nitrogens with one attached hydrogen (secondary N) is 2. The molecule has 1 heterocycles. The molecule has 142 valence electrons. The lowest BCUT2D eigenvalue weighted by molar-refractivity contribution is 0.187. The summed E-state index contributed by atoms with van der Waals surface area (Å²) in [5, 5.41) is 17.9. The maximum absolute atomic E-state index is 10.2. The zero-order valence-electron chi connectivity index (χ0n) is 14.6.